The van der Waals surface area contributed by atoms with E-state index < -0.39 is 0 Å². The minimum Gasteiger partial charge on any atom is -0.497 e. The van der Waals surface area contributed by atoms with Gasteiger partial charge in [-0.3, -0.25) is 0 Å². The van der Waals surface area contributed by atoms with E-state index in [2.05, 4.69) is 39.5 Å². The highest BCUT2D eigenvalue weighted by molar-refractivity contribution is 9.10. The van der Waals surface area contributed by atoms with Crippen LogP contribution in [0.25, 0.3) is 0 Å². The number of aryl methyl sites for hydroxylation is 1. The second kappa shape index (κ2) is 5.51. The molecule has 1 aliphatic carbocycles. The minimum atomic E-state index is -0.271. The van der Waals surface area contributed by atoms with Gasteiger partial charge in [0.05, 0.1) is 7.11 Å². The van der Waals surface area contributed by atoms with Crippen molar-refractivity contribution in [2.45, 2.75) is 31.2 Å². The van der Waals surface area contributed by atoms with Crippen molar-refractivity contribution in [1.82, 2.24) is 0 Å². The van der Waals surface area contributed by atoms with Gasteiger partial charge >= 0.3 is 0 Å². The molecule has 1 unspecified atom stereocenters. The van der Waals surface area contributed by atoms with Crippen LogP contribution in [0.5, 0.6) is 5.75 Å². The molecular formula is C16H18BrNOS. The standard InChI is InChI=1S/C16H18BrNOS/c1-19-13-5-4-11-3-2-6-16(18,15(11)8-13)9-14-7-12(17)10-20-14/h4-5,7-8,10H,2-3,6,9,18H2,1H3. The number of methoxy groups -OCH3 is 1. The number of hydrogen-bond donors (Lipinski definition) is 1. The van der Waals surface area contributed by atoms with Gasteiger partial charge in [0.2, 0.25) is 0 Å². The molecule has 1 heterocycles. The van der Waals surface area contributed by atoms with E-state index in [0.717, 1.165) is 35.9 Å². The first kappa shape index (κ1) is 14.1. The molecule has 1 atom stereocenters. The maximum absolute atomic E-state index is 6.77. The summed E-state index contributed by atoms with van der Waals surface area (Å²) in [6.45, 7) is 0. The predicted octanol–water partition coefficient (Wildman–Crippen LogP) is 4.25. The summed E-state index contributed by atoms with van der Waals surface area (Å²) in [4.78, 5) is 1.33. The Morgan fingerprint density at radius 2 is 2.25 bits per heavy atom. The number of thiophene rings is 1. The number of rotatable bonds is 3. The van der Waals surface area contributed by atoms with E-state index in [1.165, 1.54) is 16.0 Å². The van der Waals surface area contributed by atoms with Gasteiger partial charge in [0.1, 0.15) is 5.75 Å². The Balaban J connectivity index is 1.98. The molecule has 1 aliphatic rings. The van der Waals surface area contributed by atoms with Crippen LogP contribution in [0, 0.1) is 0 Å². The monoisotopic (exact) mass is 351 g/mol. The summed E-state index contributed by atoms with van der Waals surface area (Å²) in [7, 11) is 1.71. The van der Waals surface area contributed by atoms with E-state index in [9.17, 15) is 0 Å². The highest BCUT2D eigenvalue weighted by Crippen LogP contribution is 2.39. The zero-order chi connectivity index (χ0) is 14.2. The molecule has 0 fully saturated rings. The van der Waals surface area contributed by atoms with Gasteiger partial charge in [0, 0.05) is 26.7 Å². The highest BCUT2D eigenvalue weighted by atomic mass is 79.9. The third kappa shape index (κ3) is 2.65. The molecule has 1 aromatic carbocycles. The number of ether oxygens (including phenoxy) is 1. The van der Waals surface area contributed by atoms with Crippen molar-refractivity contribution < 1.29 is 4.74 Å². The Kier molecular flexibility index (Phi) is 3.89. The van der Waals surface area contributed by atoms with Crippen LogP contribution >= 0.6 is 27.3 Å². The van der Waals surface area contributed by atoms with Crippen LogP contribution in [-0.2, 0) is 18.4 Å². The smallest absolute Gasteiger partial charge is 0.119 e. The molecule has 106 valence electrons. The zero-order valence-corrected chi connectivity index (χ0v) is 13.9. The van der Waals surface area contributed by atoms with E-state index >= 15 is 0 Å². The summed E-state index contributed by atoms with van der Waals surface area (Å²) in [6, 6.07) is 8.50. The average molecular weight is 352 g/mol. The molecule has 1 aromatic heterocycles. The first-order chi connectivity index (χ1) is 9.60. The summed E-state index contributed by atoms with van der Waals surface area (Å²) < 4.78 is 6.51. The van der Waals surface area contributed by atoms with Crippen molar-refractivity contribution in [3.05, 3.63) is 50.1 Å². The van der Waals surface area contributed by atoms with Gasteiger partial charge in [-0.05, 0) is 64.5 Å². The summed E-state index contributed by atoms with van der Waals surface area (Å²) in [6.07, 6.45) is 4.20. The lowest BCUT2D eigenvalue weighted by molar-refractivity contribution is 0.365. The lowest BCUT2D eigenvalue weighted by Crippen LogP contribution is -2.42. The molecule has 0 amide bonds. The van der Waals surface area contributed by atoms with Gasteiger partial charge in [-0.2, -0.15) is 0 Å². The second-order valence-electron chi connectivity index (χ2n) is 5.44. The lowest BCUT2D eigenvalue weighted by Gasteiger charge is -2.36. The van der Waals surface area contributed by atoms with E-state index in [1.807, 2.05) is 6.07 Å². The highest BCUT2D eigenvalue weighted by Gasteiger charge is 2.33. The van der Waals surface area contributed by atoms with Crippen LogP contribution in [0.4, 0.5) is 0 Å². The van der Waals surface area contributed by atoms with Crippen molar-refractivity contribution in [3.8, 4) is 5.75 Å². The Morgan fingerprint density at radius 3 is 2.95 bits per heavy atom. The molecule has 3 rings (SSSR count). The third-order valence-electron chi connectivity index (χ3n) is 4.03. The van der Waals surface area contributed by atoms with Crippen molar-refractivity contribution in [2.75, 3.05) is 7.11 Å². The number of benzene rings is 1. The van der Waals surface area contributed by atoms with E-state index in [1.54, 1.807) is 18.4 Å². The Bertz CT molecular complexity index is 625. The maximum atomic E-state index is 6.77. The molecule has 2 N–H and O–H groups in total. The van der Waals surface area contributed by atoms with Crippen molar-refractivity contribution in [1.29, 1.82) is 0 Å². The van der Waals surface area contributed by atoms with Crippen LogP contribution < -0.4 is 10.5 Å². The number of fused-ring (bicyclic) bond motifs is 1. The normalized spacial score (nSPS) is 21.6. The van der Waals surface area contributed by atoms with Crippen LogP contribution in [0.15, 0.2) is 34.1 Å². The quantitative estimate of drug-likeness (QED) is 0.896. The fraction of sp³-hybridized carbons (Fsp3) is 0.375. The van der Waals surface area contributed by atoms with Crippen LogP contribution in [0.2, 0.25) is 0 Å². The van der Waals surface area contributed by atoms with E-state index in [4.69, 9.17) is 10.5 Å². The topological polar surface area (TPSA) is 35.2 Å². The van der Waals surface area contributed by atoms with Crippen molar-refractivity contribution in [2.24, 2.45) is 5.73 Å². The summed E-state index contributed by atoms with van der Waals surface area (Å²) in [5.74, 6) is 0.896. The van der Waals surface area contributed by atoms with Gasteiger partial charge in [-0.1, -0.05) is 6.07 Å². The average Bonchev–Trinajstić information content (AvgIpc) is 2.84. The molecular weight excluding hydrogens is 334 g/mol. The van der Waals surface area contributed by atoms with Gasteiger partial charge in [-0.25, -0.2) is 0 Å². The summed E-state index contributed by atoms with van der Waals surface area (Å²) in [5, 5.41) is 2.12. The molecule has 0 spiro atoms. The van der Waals surface area contributed by atoms with Crippen molar-refractivity contribution in [3.63, 3.8) is 0 Å². The first-order valence-corrected chi connectivity index (χ1v) is 8.47. The largest absolute Gasteiger partial charge is 0.497 e. The number of halogens is 1. The Hall–Kier alpha value is -0.840. The molecule has 0 radical (unpaired) electrons. The molecule has 2 aromatic rings. The Morgan fingerprint density at radius 1 is 1.40 bits per heavy atom. The molecule has 0 aliphatic heterocycles. The van der Waals surface area contributed by atoms with Gasteiger partial charge in [-0.15, -0.1) is 11.3 Å². The molecule has 2 nitrogen and oxygen atoms in total. The maximum Gasteiger partial charge on any atom is 0.119 e. The molecule has 20 heavy (non-hydrogen) atoms. The van der Waals surface area contributed by atoms with Gasteiger partial charge in [0.15, 0.2) is 0 Å². The fourth-order valence-corrected chi connectivity index (χ4v) is 4.61. The molecule has 0 saturated carbocycles. The third-order valence-corrected chi connectivity index (χ3v) is 5.73. The number of nitrogens with two attached hydrogens (primary N) is 1. The second-order valence-corrected chi connectivity index (χ2v) is 7.35. The molecule has 0 saturated heterocycles. The predicted molar refractivity (Wildman–Crippen MR) is 87.5 cm³/mol. The SMILES string of the molecule is COc1ccc2c(c1)C(N)(Cc1cc(Br)cs1)CCC2. The van der Waals surface area contributed by atoms with Crippen LogP contribution in [0.1, 0.15) is 28.8 Å². The van der Waals surface area contributed by atoms with Crippen LogP contribution in [0.3, 0.4) is 0 Å². The summed E-state index contributed by atoms with van der Waals surface area (Å²) >= 11 is 5.29. The zero-order valence-electron chi connectivity index (χ0n) is 11.5. The van der Waals surface area contributed by atoms with Crippen LogP contribution in [-0.4, -0.2) is 7.11 Å². The minimum absolute atomic E-state index is 0.271. The first-order valence-electron chi connectivity index (χ1n) is 6.80. The van der Waals surface area contributed by atoms with Crippen molar-refractivity contribution >= 4 is 27.3 Å². The number of hydrogen-bond acceptors (Lipinski definition) is 3. The lowest BCUT2D eigenvalue weighted by atomic mass is 9.75. The molecule has 4 heteroatoms. The van der Waals surface area contributed by atoms with E-state index in [0.29, 0.717) is 0 Å². The fourth-order valence-electron chi connectivity index (χ4n) is 3.03. The van der Waals surface area contributed by atoms with E-state index in [-0.39, 0.29) is 5.54 Å². The summed E-state index contributed by atoms with van der Waals surface area (Å²) in [5.41, 5.74) is 9.13. The molecule has 0 bridgehead atoms. The van der Waals surface area contributed by atoms with Gasteiger partial charge < -0.3 is 10.5 Å². The Labute approximate surface area is 132 Å². The van der Waals surface area contributed by atoms with Gasteiger partial charge in [0.25, 0.3) is 0 Å².